The van der Waals surface area contributed by atoms with Crippen LogP contribution in [0.3, 0.4) is 0 Å². The summed E-state index contributed by atoms with van der Waals surface area (Å²) in [6, 6.07) is 8.30. The number of hydrogen-bond acceptors (Lipinski definition) is 4. The molecule has 1 aromatic heterocycles. The molecule has 4 heteroatoms. The lowest BCUT2D eigenvalue weighted by atomic mass is 9.77. The van der Waals surface area contributed by atoms with Crippen molar-refractivity contribution in [1.29, 1.82) is 0 Å². The molecule has 1 heterocycles. The van der Waals surface area contributed by atoms with Gasteiger partial charge in [-0.15, -0.1) is 0 Å². The summed E-state index contributed by atoms with van der Waals surface area (Å²) in [6.45, 7) is 2.18. The van der Waals surface area contributed by atoms with Gasteiger partial charge >= 0.3 is 0 Å². The van der Waals surface area contributed by atoms with Gasteiger partial charge in [-0.2, -0.15) is 4.98 Å². The zero-order valence-corrected chi connectivity index (χ0v) is 11.2. The van der Waals surface area contributed by atoms with Gasteiger partial charge in [0.05, 0.1) is 5.54 Å². The number of aromatic nitrogens is 2. The van der Waals surface area contributed by atoms with Crippen LogP contribution in [0, 0.1) is 0 Å². The summed E-state index contributed by atoms with van der Waals surface area (Å²) in [5.74, 6) is 1.21. The van der Waals surface area contributed by atoms with Gasteiger partial charge in [-0.25, -0.2) is 0 Å². The van der Waals surface area contributed by atoms with Gasteiger partial charge < -0.3 is 10.3 Å². The predicted octanol–water partition coefficient (Wildman–Crippen LogP) is 3.03. The zero-order valence-electron chi connectivity index (χ0n) is 11.2. The van der Waals surface area contributed by atoms with Gasteiger partial charge in [-0.05, 0) is 43.4 Å². The number of nitrogens with zero attached hydrogens (tertiary/aromatic N) is 2. The third kappa shape index (κ3) is 2.28. The van der Waals surface area contributed by atoms with Crippen molar-refractivity contribution in [2.75, 3.05) is 0 Å². The van der Waals surface area contributed by atoms with E-state index in [1.807, 2.05) is 12.1 Å². The molecular weight excluding hydrogens is 238 g/mol. The standard InChI is InChI=1S/C15H19N3O/c1-2-4-11-5-7-12(8-6-11)13-17-14(18-19-13)15(16)9-3-10-15/h5-8H,2-4,9-10,16H2,1H3. The molecule has 100 valence electrons. The summed E-state index contributed by atoms with van der Waals surface area (Å²) in [5, 5.41) is 4.03. The smallest absolute Gasteiger partial charge is 0.257 e. The van der Waals surface area contributed by atoms with Crippen molar-refractivity contribution >= 4 is 0 Å². The molecule has 0 aliphatic heterocycles. The molecule has 0 atom stereocenters. The van der Waals surface area contributed by atoms with Crippen LogP contribution in [0.5, 0.6) is 0 Å². The normalized spacial score (nSPS) is 17.2. The maximum absolute atomic E-state index is 6.19. The molecule has 2 N–H and O–H groups in total. The van der Waals surface area contributed by atoms with Crippen molar-refractivity contribution in [3.63, 3.8) is 0 Å². The van der Waals surface area contributed by atoms with Crippen molar-refractivity contribution in [2.24, 2.45) is 5.73 Å². The second-order valence-electron chi connectivity index (χ2n) is 5.38. The molecule has 19 heavy (non-hydrogen) atoms. The average Bonchev–Trinajstić information content (AvgIpc) is 2.87. The van der Waals surface area contributed by atoms with Crippen LogP contribution in [0.4, 0.5) is 0 Å². The first-order valence-electron chi connectivity index (χ1n) is 6.94. The highest BCUT2D eigenvalue weighted by molar-refractivity contribution is 5.53. The van der Waals surface area contributed by atoms with Gasteiger partial charge in [-0.3, -0.25) is 0 Å². The fraction of sp³-hybridized carbons (Fsp3) is 0.467. The Morgan fingerprint density at radius 2 is 2.00 bits per heavy atom. The quantitative estimate of drug-likeness (QED) is 0.914. The van der Waals surface area contributed by atoms with Crippen LogP contribution in [-0.4, -0.2) is 10.1 Å². The Bertz CT molecular complexity index is 555. The first kappa shape index (κ1) is 12.4. The molecular formula is C15H19N3O. The lowest BCUT2D eigenvalue weighted by Gasteiger charge is -2.34. The molecule has 1 fully saturated rings. The van der Waals surface area contributed by atoms with Gasteiger partial charge in [0, 0.05) is 5.56 Å². The first-order chi connectivity index (χ1) is 9.21. The maximum atomic E-state index is 6.19. The highest BCUT2D eigenvalue weighted by atomic mass is 16.5. The lowest BCUT2D eigenvalue weighted by Crippen LogP contribution is -2.44. The summed E-state index contributed by atoms with van der Waals surface area (Å²) in [4.78, 5) is 4.45. The second kappa shape index (κ2) is 4.78. The number of benzene rings is 1. The maximum Gasteiger partial charge on any atom is 0.257 e. The van der Waals surface area contributed by atoms with E-state index in [9.17, 15) is 0 Å². The molecule has 1 aliphatic rings. The third-order valence-corrected chi connectivity index (χ3v) is 3.86. The molecule has 0 bridgehead atoms. The number of nitrogens with two attached hydrogens (primary N) is 1. The molecule has 1 saturated carbocycles. The molecule has 0 radical (unpaired) electrons. The summed E-state index contributed by atoms with van der Waals surface area (Å²) < 4.78 is 5.33. The van der Waals surface area contributed by atoms with Gasteiger partial charge in [0.15, 0.2) is 5.82 Å². The topological polar surface area (TPSA) is 64.9 Å². The molecule has 3 rings (SSSR count). The molecule has 0 unspecified atom stereocenters. The van der Waals surface area contributed by atoms with Gasteiger partial charge in [0.25, 0.3) is 5.89 Å². The molecule has 0 spiro atoms. The van der Waals surface area contributed by atoms with E-state index in [0.717, 1.165) is 37.7 Å². The molecule has 0 amide bonds. The minimum atomic E-state index is -0.357. The Kier molecular flexibility index (Phi) is 3.11. The Morgan fingerprint density at radius 1 is 1.26 bits per heavy atom. The number of hydrogen-bond donors (Lipinski definition) is 1. The minimum Gasteiger partial charge on any atom is -0.334 e. The fourth-order valence-corrected chi connectivity index (χ4v) is 2.43. The third-order valence-electron chi connectivity index (χ3n) is 3.86. The van der Waals surface area contributed by atoms with Crippen LogP contribution in [-0.2, 0) is 12.0 Å². The average molecular weight is 257 g/mol. The summed E-state index contributed by atoms with van der Waals surface area (Å²) in [5.41, 5.74) is 8.13. The minimum absolute atomic E-state index is 0.357. The molecule has 1 aromatic carbocycles. The van der Waals surface area contributed by atoms with E-state index in [0.29, 0.717) is 11.7 Å². The van der Waals surface area contributed by atoms with Crippen molar-refractivity contribution in [1.82, 2.24) is 10.1 Å². The Morgan fingerprint density at radius 3 is 2.58 bits per heavy atom. The van der Waals surface area contributed by atoms with Crippen LogP contribution in [0.2, 0.25) is 0 Å². The van der Waals surface area contributed by atoms with Crippen molar-refractivity contribution in [3.05, 3.63) is 35.7 Å². The van der Waals surface area contributed by atoms with E-state index in [1.165, 1.54) is 5.56 Å². The molecule has 1 aliphatic carbocycles. The second-order valence-corrected chi connectivity index (χ2v) is 5.38. The van der Waals surface area contributed by atoms with E-state index >= 15 is 0 Å². The van der Waals surface area contributed by atoms with Crippen molar-refractivity contribution < 1.29 is 4.52 Å². The Hall–Kier alpha value is -1.68. The summed E-state index contributed by atoms with van der Waals surface area (Å²) >= 11 is 0. The SMILES string of the molecule is CCCc1ccc(-c2nc(C3(N)CCC3)no2)cc1. The van der Waals surface area contributed by atoms with E-state index in [-0.39, 0.29) is 5.54 Å². The molecule has 2 aromatic rings. The summed E-state index contributed by atoms with van der Waals surface area (Å²) in [7, 11) is 0. The Labute approximate surface area is 113 Å². The van der Waals surface area contributed by atoms with Crippen molar-refractivity contribution in [2.45, 2.75) is 44.6 Å². The first-order valence-corrected chi connectivity index (χ1v) is 6.94. The van der Waals surface area contributed by atoms with Gasteiger partial charge in [0.2, 0.25) is 0 Å². The predicted molar refractivity (Wildman–Crippen MR) is 73.4 cm³/mol. The number of aryl methyl sites for hydroxylation is 1. The monoisotopic (exact) mass is 257 g/mol. The van der Waals surface area contributed by atoms with E-state index < -0.39 is 0 Å². The van der Waals surface area contributed by atoms with Crippen LogP contribution >= 0.6 is 0 Å². The van der Waals surface area contributed by atoms with Crippen LogP contribution in [0.25, 0.3) is 11.5 Å². The van der Waals surface area contributed by atoms with Gasteiger partial charge in [0.1, 0.15) is 0 Å². The van der Waals surface area contributed by atoms with Crippen LogP contribution < -0.4 is 5.73 Å². The zero-order chi connectivity index (χ0) is 13.3. The van der Waals surface area contributed by atoms with Crippen molar-refractivity contribution in [3.8, 4) is 11.5 Å². The fourth-order valence-electron chi connectivity index (χ4n) is 2.43. The van der Waals surface area contributed by atoms with E-state index in [4.69, 9.17) is 10.3 Å². The Balaban J connectivity index is 1.82. The van der Waals surface area contributed by atoms with Crippen LogP contribution in [0.15, 0.2) is 28.8 Å². The molecule has 4 nitrogen and oxygen atoms in total. The van der Waals surface area contributed by atoms with E-state index in [2.05, 4.69) is 29.2 Å². The largest absolute Gasteiger partial charge is 0.334 e. The highest BCUT2D eigenvalue weighted by Gasteiger charge is 2.39. The number of rotatable bonds is 4. The highest BCUT2D eigenvalue weighted by Crippen LogP contribution is 2.37. The van der Waals surface area contributed by atoms with Gasteiger partial charge in [-0.1, -0.05) is 30.6 Å². The van der Waals surface area contributed by atoms with Crippen LogP contribution in [0.1, 0.15) is 44.0 Å². The van der Waals surface area contributed by atoms with E-state index in [1.54, 1.807) is 0 Å². The summed E-state index contributed by atoms with van der Waals surface area (Å²) in [6.07, 6.45) is 5.29. The molecule has 0 saturated heterocycles. The lowest BCUT2D eigenvalue weighted by molar-refractivity contribution is 0.229.